The minimum atomic E-state index is -0.441. The largest absolute Gasteiger partial charge is 0.493 e. The number of carbonyl (C=O) groups is 1. The van der Waals surface area contributed by atoms with Gasteiger partial charge in [0, 0.05) is 18.7 Å². The molecule has 7 nitrogen and oxygen atoms in total. The van der Waals surface area contributed by atoms with Gasteiger partial charge in [0.25, 0.3) is 0 Å². The van der Waals surface area contributed by atoms with E-state index in [4.69, 9.17) is 19.9 Å². The maximum atomic E-state index is 12.2. The van der Waals surface area contributed by atoms with E-state index in [0.717, 1.165) is 29.9 Å². The predicted octanol–water partition coefficient (Wildman–Crippen LogP) is 3.07. The average Bonchev–Trinajstić information content (AvgIpc) is 3.01. The number of rotatable bonds is 9. The third-order valence-corrected chi connectivity index (χ3v) is 5.31. The van der Waals surface area contributed by atoms with Crippen LogP contribution in [0.25, 0.3) is 0 Å². The van der Waals surface area contributed by atoms with Crippen LogP contribution in [0, 0.1) is 11.3 Å². The number of nitrogens with two attached hydrogens (primary N) is 1. The van der Waals surface area contributed by atoms with Gasteiger partial charge in [-0.1, -0.05) is 6.07 Å². The molecule has 0 atom stereocenters. The normalized spacial score (nSPS) is 10.6. The number of anilines is 1. The molecule has 0 amide bonds. The first-order valence-electron chi connectivity index (χ1n) is 8.82. The Morgan fingerprint density at radius 2 is 2.00 bits per heavy atom. The first kappa shape index (κ1) is 21.5. The number of thiophene rings is 1. The highest BCUT2D eigenvalue weighted by Gasteiger charge is 2.23. The van der Waals surface area contributed by atoms with Gasteiger partial charge >= 0.3 is 5.97 Å². The van der Waals surface area contributed by atoms with Crippen molar-refractivity contribution in [1.82, 2.24) is 4.90 Å². The molecule has 1 heterocycles. The zero-order valence-corrected chi connectivity index (χ0v) is 17.4. The summed E-state index contributed by atoms with van der Waals surface area (Å²) in [7, 11) is 5.14. The molecule has 0 aliphatic rings. The summed E-state index contributed by atoms with van der Waals surface area (Å²) < 4.78 is 15.7. The van der Waals surface area contributed by atoms with Crippen LogP contribution in [0.5, 0.6) is 11.5 Å². The van der Waals surface area contributed by atoms with Crippen LogP contribution in [-0.4, -0.2) is 45.3 Å². The maximum Gasteiger partial charge on any atom is 0.348 e. The van der Waals surface area contributed by atoms with Gasteiger partial charge in [-0.3, -0.25) is 0 Å². The molecule has 28 heavy (non-hydrogen) atoms. The van der Waals surface area contributed by atoms with Crippen molar-refractivity contribution in [3.63, 3.8) is 0 Å². The zero-order chi connectivity index (χ0) is 20.7. The van der Waals surface area contributed by atoms with Crippen LogP contribution < -0.4 is 15.2 Å². The standard InChI is InChI=1S/C20H25N3O4S/c1-5-27-20(24)18-15(14(11-21)19(22)28-18)12-23(2)9-8-13-6-7-16(25-3)17(10-13)26-4/h6-7,10H,5,8-9,12,22H2,1-4H3. The van der Waals surface area contributed by atoms with Gasteiger partial charge in [-0.2, -0.15) is 5.26 Å². The van der Waals surface area contributed by atoms with Crippen molar-refractivity contribution in [3.8, 4) is 17.6 Å². The zero-order valence-electron chi connectivity index (χ0n) is 16.6. The number of hydrogen-bond acceptors (Lipinski definition) is 8. The summed E-state index contributed by atoms with van der Waals surface area (Å²) in [5, 5.41) is 9.77. The van der Waals surface area contributed by atoms with Crippen molar-refractivity contribution in [1.29, 1.82) is 5.26 Å². The third-order valence-electron chi connectivity index (χ3n) is 4.27. The van der Waals surface area contributed by atoms with E-state index in [2.05, 4.69) is 6.07 Å². The fraction of sp³-hybridized carbons (Fsp3) is 0.400. The first-order valence-corrected chi connectivity index (χ1v) is 9.64. The van der Waals surface area contributed by atoms with Crippen molar-refractivity contribution in [2.45, 2.75) is 19.9 Å². The van der Waals surface area contributed by atoms with Gasteiger partial charge in [0.05, 0.1) is 26.4 Å². The summed E-state index contributed by atoms with van der Waals surface area (Å²) in [6, 6.07) is 7.92. The molecule has 150 valence electrons. The second kappa shape index (κ2) is 9.97. The van der Waals surface area contributed by atoms with Gasteiger partial charge in [-0.15, -0.1) is 11.3 Å². The summed E-state index contributed by atoms with van der Waals surface area (Å²) in [5.74, 6) is 0.930. The van der Waals surface area contributed by atoms with E-state index in [9.17, 15) is 10.1 Å². The number of ether oxygens (including phenoxy) is 3. The SMILES string of the molecule is CCOC(=O)c1sc(N)c(C#N)c1CN(C)CCc1ccc(OC)c(OC)c1. The molecular weight excluding hydrogens is 378 g/mol. The monoisotopic (exact) mass is 403 g/mol. The van der Waals surface area contributed by atoms with Crippen LogP contribution in [0.4, 0.5) is 5.00 Å². The van der Waals surface area contributed by atoms with Gasteiger partial charge in [0.15, 0.2) is 11.5 Å². The van der Waals surface area contributed by atoms with Gasteiger partial charge in [-0.25, -0.2) is 4.79 Å². The minimum absolute atomic E-state index is 0.271. The lowest BCUT2D eigenvalue weighted by molar-refractivity contribution is 0.0530. The number of esters is 1. The summed E-state index contributed by atoms with van der Waals surface area (Å²) in [4.78, 5) is 14.7. The van der Waals surface area contributed by atoms with Crippen molar-refractivity contribution in [3.05, 3.63) is 39.8 Å². The lowest BCUT2D eigenvalue weighted by atomic mass is 10.1. The Bertz CT molecular complexity index is 873. The van der Waals surface area contributed by atoms with E-state index in [1.54, 1.807) is 21.1 Å². The highest BCUT2D eigenvalue weighted by Crippen LogP contribution is 2.32. The Morgan fingerprint density at radius 3 is 2.61 bits per heavy atom. The molecule has 0 fully saturated rings. The molecule has 0 radical (unpaired) electrons. The Morgan fingerprint density at radius 1 is 1.29 bits per heavy atom. The van der Waals surface area contributed by atoms with Crippen molar-refractivity contribution < 1.29 is 19.0 Å². The molecular formula is C20H25N3O4S. The molecule has 0 bridgehead atoms. The van der Waals surface area contributed by atoms with E-state index in [-0.39, 0.29) is 6.61 Å². The topological polar surface area (TPSA) is 97.8 Å². The van der Waals surface area contributed by atoms with E-state index in [1.807, 2.05) is 30.1 Å². The predicted molar refractivity (Wildman–Crippen MR) is 109 cm³/mol. The van der Waals surface area contributed by atoms with E-state index in [0.29, 0.717) is 39.0 Å². The molecule has 2 aromatic rings. The number of hydrogen-bond donors (Lipinski definition) is 1. The Kier molecular flexibility index (Phi) is 7.67. The Labute approximate surface area is 169 Å². The van der Waals surface area contributed by atoms with Gasteiger partial charge in [-0.05, 0) is 38.1 Å². The molecule has 1 aromatic heterocycles. The molecule has 0 unspecified atom stereocenters. The lowest BCUT2D eigenvalue weighted by Crippen LogP contribution is -2.22. The van der Waals surface area contributed by atoms with Crippen LogP contribution in [0.2, 0.25) is 0 Å². The molecule has 2 rings (SSSR count). The second-order valence-electron chi connectivity index (χ2n) is 6.16. The fourth-order valence-corrected chi connectivity index (χ4v) is 3.75. The van der Waals surface area contributed by atoms with Crippen molar-refractivity contribution >= 4 is 22.3 Å². The molecule has 0 saturated carbocycles. The van der Waals surface area contributed by atoms with Crippen LogP contribution in [0.1, 0.15) is 33.3 Å². The molecule has 0 saturated heterocycles. The van der Waals surface area contributed by atoms with Crippen LogP contribution in [0.3, 0.4) is 0 Å². The number of carbonyl (C=O) groups excluding carboxylic acids is 1. The quantitative estimate of drug-likeness (QED) is 0.643. The fourth-order valence-electron chi connectivity index (χ4n) is 2.82. The Hall–Kier alpha value is -2.76. The summed E-state index contributed by atoms with van der Waals surface area (Å²) in [6.45, 7) is 3.17. The molecule has 2 N–H and O–H groups in total. The molecule has 1 aromatic carbocycles. The minimum Gasteiger partial charge on any atom is -0.493 e. The smallest absolute Gasteiger partial charge is 0.348 e. The van der Waals surface area contributed by atoms with Gasteiger partial charge in [0.2, 0.25) is 0 Å². The lowest BCUT2D eigenvalue weighted by Gasteiger charge is -2.18. The van der Waals surface area contributed by atoms with Crippen molar-refractivity contribution in [2.75, 3.05) is 40.2 Å². The number of nitrogens with zero attached hydrogens (tertiary/aromatic N) is 2. The molecule has 0 spiro atoms. The highest BCUT2D eigenvalue weighted by molar-refractivity contribution is 7.18. The number of methoxy groups -OCH3 is 2. The summed E-state index contributed by atoms with van der Waals surface area (Å²) >= 11 is 1.10. The van der Waals surface area contributed by atoms with Gasteiger partial charge < -0.3 is 24.8 Å². The van der Waals surface area contributed by atoms with Crippen LogP contribution in [-0.2, 0) is 17.7 Å². The number of nitrogen functional groups attached to an aromatic ring is 1. The van der Waals surface area contributed by atoms with Crippen LogP contribution in [0.15, 0.2) is 18.2 Å². The third kappa shape index (κ3) is 4.94. The number of benzene rings is 1. The summed E-state index contributed by atoms with van der Waals surface area (Å²) in [5.41, 5.74) is 8.00. The highest BCUT2D eigenvalue weighted by atomic mass is 32.1. The summed E-state index contributed by atoms with van der Waals surface area (Å²) in [6.07, 6.45) is 0.771. The number of likely N-dealkylation sites (N-methyl/N-ethyl adjacent to an activating group) is 1. The Balaban J connectivity index is 2.12. The maximum absolute atomic E-state index is 12.2. The molecule has 0 aliphatic heterocycles. The van der Waals surface area contributed by atoms with E-state index in [1.165, 1.54) is 0 Å². The number of nitriles is 1. The van der Waals surface area contributed by atoms with Crippen molar-refractivity contribution in [2.24, 2.45) is 0 Å². The van der Waals surface area contributed by atoms with E-state index >= 15 is 0 Å². The second-order valence-corrected chi connectivity index (χ2v) is 7.21. The average molecular weight is 404 g/mol. The van der Waals surface area contributed by atoms with Crippen LogP contribution >= 0.6 is 11.3 Å². The van der Waals surface area contributed by atoms with Gasteiger partial charge in [0.1, 0.15) is 15.9 Å². The first-order chi connectivity index (χ1) is 13.4. The van der Waals surface area contributed by atoms with E-state index < -0.39 is 5.97 Å². The molecule has 8 heteroatoms. The molecule has 0 aliphatic carbocycles.